The summed E-state index contributed by atoms with van der Waals surface area (Å²) in [5.74, 6) is 0. The Balaban J connectivity index is 2.99. The van der Waals surface area contributed by atoms with E-state index in [0.717, 1.165) is 6.42 Å². The lowest BCUT2D eigenvalue weighted by atomic mass is 10.0. The van der Waals surface area contributed by atoms with Gasteiger partial charge in [-0.15, -0.1) is 0 Å². The molecule has 0 aliphatic heterocycles. The Morgan fingerprint density at radius 1 is 0.440 bits per heavy atom. The van der Waals surface area contributed by atoms with Crippen molar-refractivity contribution < 1.29 is 5.11 Å². The van der Waals surface area contributed by atoms with E-state index in [1.165, 1.54) is 122 Å². The largest absolute Gasteiger partial charge is 0.396 e. The Morgan fingerprint density at radius 3 is 1.12 bits per heavy atom. The molecule has 0 saturated heterocycles. The van der Waals surface area contributed by atoms with Crippen LogP contribution in [0.15, 0.2) is 12.2 Å². The van der Waals surface area contributed by atoms with Crippen molar-refractivity contribution in [2.24, 2.45) is 0 Å². The molecule has 0 aliphatic rings. The van der Waals surface area contributed by atoms with Gasteiger partial charge in [-0.1, -0.05) is 122 Å². The summed E-state index contributed by atoms with van der Waals surface area (Å²) in [6.07, 6.45) is 32.1. The number of aliphatic hydroxyl groups is 1. The smallest absolute Gasteiger partial charge is 0.0431 e. The Morgan fingerprint density at radius 2 is 0.760 bits per heavy atom. The van der Waals surface area contributed by atoms with E-state index in [9.17, 15) is 0 Å². The first kappa shape index (κ1) is 24.7. The molecule has 0 rings (SSSR count). The van der Waals surface area contributed by atoms with E-state index >= 15 is 0 Å². The van der Waals surface area contributed by atoms with Crippen LogP contribution in [0.1, 0.15) is 135 Å². The van der Waals surface area contributed by atoms with Crippen LogP contribution in [-0.4, -0.2) is 11.7 Å². The van der Waals surface area contributed by atoms with Gasteiger partial charge < -0.3 is 5.11 Å². The molecule has 0 atom stereocenters. The molecule has 1 heteroatoms. The van der Waals surface area contributed by atoms with Crippen molar-refractivity contribution >= 4 is 0 Å². The third kappa shape index (κ3) is 23.7. The molecular formula is C24H48O. The molecular weight excluding hydrogens is 304 g/mol. The van der Waals surface area contributed by atoms with Crippen molar-refractivity contribution in [2.75, 3.05) is 6.61 Å². The molecule has 1 nitrogen and oxygen atoms in total. The fourth-order valence-electron chi connectivity index (χ4n) is 3.41. The van der Waals surface area contributed by atoms with Gasteiger partial charge in [-0.3, -0.25) is 0 Å². The summed E-state index contributed by atoms with van der Waals surface area (Å²) < 4.78 is 0. The molecule has 0 saturated carbocycles. The maximum Gasteiger partial charge on any atom is 0.0431 e. The first-order chi connectivity index (χ1) is 12.4. The average molecular weight is 353 g/mol. The average Bonchev–Trinajstić information content (AvgIpc) is 2.63. The maximum absolute atomic E-state index is 8.72. The Labute approximate surface area is 159 Å². The molecule has 0 aliphatic carbocycles. The number of aliphatic hydroxyl groups excluding tert-OH is 1. The molecule has 0 aromatic carbocycles. The molecule has 0 amide bonds. The summed E-state index contributed by atoms with van der Waals surface area (Å²) >= 11 is 0. The molecule has 0 spiro atoms. The molecule has 0 radical (unpaired) electrons. The van der Waals surface area contributed by atoms with Crippen LogP contribution in [0.2, 0.25) is 0 Å². The van der Waals surface area contributed by atoms with Crippen LogP contribution in [0.4, 0.5) is 0 Å². The standard InChI is InChI=1S/C24H48O/c1-2-3-4-5-6-7-8-9-10-11-12-13-14-15-16-17-18-19-20-21-22-23-24-25/h5-6,25H,2-4,7-24H2,1H3. The number of rotatable bonds is 21. The minimum atomic E-state index is 0.371. The summed E-state index contributed by atoms with van der Waals surface area (Å²) in [4.78, 5) is 0. The van der Waals surface area contributed by atoms with Gasteiger partial charge in [0.05, 0.1) is 0 Å². The van der Waals surface area contributed by atoms with Gasteiger partial charge in [0, 0.05) is 6.61 Å². The topological polar surface area (TPSA) is 20.2 Å². The lowest BCUT2D eigenvalue weighted by Gasteiger charge is -2.03. The lowest BCUT2D eigenvalue weighted by molar-refractivity contribution is 0.282. The highest BCUT2D eigenvalue weighted by Gasteiger charge is 1.94. The van der Waals surface area contributed by atoms with Crippen LogP contribution in [0, 0.1) is 0 Å². The van der Waals surface area contributed by atoms with E-state index in [1.54, 1.807) is 0 Å². The van der Waals surface area contributed by atoms with E-state index < -0.39 is 0 Å². The molecule has 0 aromatic rings. The number of hydrogen-bond donors (Lipinski definition) is 1. The van der Waals surface area contributed by atoms with Crippen LogP contribution < -0.4 is 0 Å². The minimum Gasteiger partial charge on any atom is -0.396 e. The second-order valence-corrected chi connectivity index (χ2v) is 7.78. The van der Waals surface area contributed by atoms with Gasteiger partial charge in [0.1, 0.15) is 0 Å². The zero-order chi connectivity index (χ0) is 18.3. The first-order valence-corrected chi connectivity index (χ1v) is 11.7. The van der Waals surface area contributed by atoms with E-state index in [0.29, 0.717) is 6.61 Å². The predicted molar refractivity (Wildman–Crippen MR) is 114 cm³/mol. The van der Waals surface area contributed by atoms with Crippen LogP contribution in [0.5, 0.6) is 0 Å². The molecule has 0 unspecified atom stereocenters. The van der Waals surface area contributed by atoms with Gasteiger partial charge in [0.2, 0.25) is 0 Å². The van der Waals surface area contributed by atoms with E-state index in [1.807, 2.05) is 0 Å². The first-order valence-electron chi connectivity index (χ1n) is 11.7. The molecule has 1 N–H and O–H groups in total. The lowest BCUT2D eigenvalue weighted by Crippen LogP contribution is -1.85. The minimum absolute atomic E-state index is 0.371. The second kappa shape index (κ2) is 23.7. The Kier molecular flexibility index (Phi) is 23.4. The van der Waals surface area contributed by atoms with Crippen molar-refractivity contribution in [3.63, 3.8) is 0 Å². The zero-order valence-corrected chi connectivity index (χ0v) is 17.5. The molecule has 0 fully saturated rings. The predicted octanol–water partition coefficient (Wildman–Crippen LogP) is 8.36. The van der Waals surface area contributed by atoms with Crippen LogP contribution >= 0.6 is 0 Å². The highest BCUT2D eigenvalue weighted by molar-refractivity contribution is 4.81. The normalized spacial score (nSPS) is 11.6. The summed E-state index contributed by atoms with van der Waals surface area (Å²) in [7, 11) is 0. The van der Waals surface area contributed by atoms with Crippen LogP contribution in [0.25, 0.3) is 0 Å². The van der Waals surface area contributed by atoms with Gasteiger partial charge in [-0.25, -0.2) is 0 Å². The van der Waals surface area contributed by atoms with Crippen molar-refractivity contribution in [1.82, 2.24) is 0 Å². The fourth-order valence-corrected chi connectivity index (χ4v) is 3.41. The van der Waals surface area contributed by atoms with E-state index in [4.69, 9.17) is 5.11 Å². The third-order valence-corrected chi connectivity index (χ3v) is 5.17. The SMILES string of the molecule is CCCCC=CCCCCCCCCCCCCCCCCCCO. The summed E-state index contributed by atoms with van der Waals surface area (Å²) in [5, 5.41) is 8.72. The molecule has 0 heterocycles. The molecule has 0 bridgehead atoms. The molecule has 0 aromatic heterocycles. The van der Waals surface area contributed by atoms with Gasteiger partial charge in [0.15, 0.2) is 0 Å². The maximum atomic E-state index is 8.72. The number of unbranched alkanes of at least 4 members (excludes halogenated alkanes) is 18. The van der Waals surface area contributed by atoms with Crippen molar-refractivity contribution in [3.8, 4) is 0 Å². The Bertz CT molecular complexity index is 246. The second-order valence-electron chi connectivity index (χ2n) is 7.78. The van der Waals surface area contributed by atoms with Gasteiger partial charge in [0.25, 0.3) is 0 Å². The van der Waals surface area contributed by atoms with Crippen LogP contribution in [-0.2, 0) is 0 Å². The highest BCUT2D eigenvalue weighted by Crippen LogP contribution is 2.14. The van der Waals surface area contributed by atoms with Crippen molar-refractivity contribution in [3.05, 3.63) is 12.2 Å². The highest BCUT2D eigenvalue weighted by atomic mass is 16.2. The molecule has 150 valence electrons. The van der Waals surface area contributed by atoms with E-state index in [-0.39, 0.29) is 0 Å². The summed E-state index contributed by atoms with van der Waals surface area (Å²) in [6.45, 7) is 2.63. The van der Waals surface area contributed by atoms with Gasteiger partial charge >= 0.3 is 0 Å². The van der Waals surface area contributed by atoms with Crippen LogP contribution in [0.3, 0.4) is 0 Å². The summed E-state index contributed by atoms with van der Waals surface area (Å²) in [6, 6.07) is 0. The molecule has 25 heavy (non-hydrogen) atoms. The third-order valence-electron chi connectivity index (χ3n) is 5.17. The van der Waals surface area contributed by atoms with Gasteiger partial charge in [-0.05, 0) is 25.7 Å². The summed E-state index contributed by atoms with van der Waals surface area (Å²) in [5.41, 5.74) is 0. The monoisotopic (exact) mass is 352 g/mol. The Hall–Kier alpha value is -0.300. The number of hydrogen-bond acceptors (Lipinski definition) is 1. The van der Waals surface area contributed by atoms with Crippen molar-refractivity contribution in [1.29, 1.82) is 0 Å². The fraction of sp³-hybridized carbons (Fsp3) is 0.917. The zero-order valence-electron chi connectivity index (χ0n) is 17.5. The van der Waals surface area contributed by atoms with Gasteiger partial charge in [-0.2, -0.15) is 0 Å². The van der Waals surface area contributed by atoms with Crippen molar-refractivity contribution in [2.45, 2.75) is 135 Å². The van der Waals surface area contributed by atoms with E-state index in [2.05, 4.69) is 19.1 Å². The number of allylic oxidation sites excluding steroid dienone is 2. The quantitative estimate of drug-likeness (QED) is 0.162.